The third-order valence-electron chi connectivity index (χ3n) is 1.62. The molecule has 0 atom stereocenters. The van der Waals surface area contributed by atoms with E-state index < -0.39 is 0 Å². The Bertz CT molecular complexity index is 308. The molecule has 3 heteroatoms. The molecule has 13 heavy (non-hydrogen) atoms. The number of anilines is 1. The fourth-order valence-corrected chi connectivity index (χ4v) is 1.61. The normalized spacial score (nSPS) is 10.9. The molecule has 0 aliphatic heterocycles. The van der Waals surface area contributed by atoms with Crippen LogP contribution in [0.25, 0.3) is 6.08 Å². The largest absolute Gasteiger partial charge is 0.398 e. The molecule has 1 aromatic carbocycles. The van der Waals surface area contributed by atoms with Crippen molar-refractivity contribution in [2.45, 2.75) is 6.42 Å². The lowest BCUT2D eigenvalue weighted by Gasteiger charge is -2.00. The molecule has 0 fully saturated rings. The monoisotopic (exact) mass is 303 g/mol. The maximum atomic E-state index is 5.79. The summed E-state index contributed by atoms with van der Waals surface area (Å²) in [5, 5.41) is 0.984. The highest BCUT2D eigenvalue weighted by atomic mass is 79.9. The second-order valence-electron chi connectivity index (χ2n) is 2.65. The van der Waals surface area contributed by atoms with E-state index in [2.05, 4.69) is 37.9 Å². The Hall–Kier alpha value is -0.280. The summed E-state index contributed by atoms with van der Waals surface area (Å²) in [4.78, 5) is 0. The van der Waals surface area contributed by atoms with Crippen molar-refractivity contribution in [3.05, 3.63) is 34.3 Å². The molecule has 0 aromatic heterocycles. The van der Waals surface area contributed by atoms with Gasteiger partial charge in [-0.25, -0.2) is 0 Å². The number of halogens is 2. The van der Waals surface area contributed by atoms with Gasteiger partial charge in [-0.1, -0.05) is 44.0 Å². The lowest BCUT2D eigenvalue weighted by Crippen LogP contribution is -1.88. The van der Waals surface area contributed by atoms with Crippen molar-refractivity contribution in [2.75, 3.05) is 11.1 Å². The van der Waals surface area contributed by atoms with Crippen LogP contribution in [0.2, 0.25) is 0 Å². The summed E-state index contributed by atoms with van der Waals surface area (Å²) in [6.45, 7) is 0. The fraction of sp³-hybridized carbons (Fsp3) is 0.200. The molecule has 1 rings (SSSR count). The molecule has 0 saturated heterocycles. The Morgan fingerprint density at radius 3 is 2.85 bits per heavy atom. The Labute approximate surface area is 95.3 Å². The van der Waals surface area contributed by atoms with Gasteiger partial charge in [-0.2, -0.15) is 0 Å². The summed E-state index contributed by atoms with van der Waals surface area (Å²) in [6.07, 6.45) is 5.17. The van der Waals surface area contributed by atoms with Crippen molar-refractivity contribution in [1.82, 2.24) is 0 Å². The van der Waals surface area contributed by atoms with Gasteiger partial charge in [0.2, 0.25) is 0 Å². The van der Waals surface area contributed by atoms with Crippen molar-refractivity contribution in [3.8, 4) is 0 Å². The van der Waals surface area contributed by atoms with E-state index in [9.17, 15) is 0 Å². The van der Waals surface area contributed by atoms with E-state index in [1.165, 1.54) is 0 Å². The zero-order chi connectivity index (χ0) is 9.68. The second-order valence-corrected chi connectivity index (χ2v) is 4.36. The minimum atomic E-state index is 0.814. The van der Waals surface area contributed by atoms with Crippen LogP contribution in [0, 0.1) is 0 Å². The summed E-state index contributed by atoms with van der Waals surface area (Å²) in [5.41, 5.74) is 7.67. The Balaban J connectivity index is 2.81. The Morgan fingerprint density at radius 1 is 1.38 bits per heavy atom. The van der Waals surface area contributed by atoms with Crippen molar-refractivity contribution in [2.24, 2.45) is 0 Å². The Kier molecular flexibility index (Phi) is 4.53. The topological polar surface area (TPSA) is 26.0 Å². The summed E-state index contributed by atoms with van der Waals surface area (Å²) in [7, 11) is 0. The van der Waals surface area contributed by atoms with Crippen LogP contribution < -0.4 is 5.73 Å². The average Bonchev–Trinajstić information content (AvgIpc) is 2.11. The molecule has 1 nitrogen and oxygen atoms in total. The highest BCUT2D eigenvalue weighted by Gasteiger charge is 1.94. The number of benzene rings is 1. The number of allylic oxidation sites excluding steroid dienone is 1. The number of alkyl halides is 1. The molecule has 70 valence electrons. The van der Waals surface area contributed by atoms with Gasteiger partial charge in [0.1, 0.15) is 0 Å². The van der Waals surface area contributed by atoms with Crippen LogP contribution in [0.5, 0.6) is 0 Å². The predicted molar refractivity (Wildman–Crippen MR) is 66.0 cm³/mol. The molecule has 0 amide bonds. The molecule has 0 radical (unpaired) electrons. The van der Waals surface area contributed by atoms with Gasteiger partial charge in [0.15, 0.2) is 0 Å². The van der Waals surface area contributed by atoms with Gasteiger partial charge in [-0.05, 0) is 30.2 Å². The lowest BCUT2D eigenvalue weighted by molar-refractivity contribution is 1.27. The van der Waals surface area contributed by atoms with Crippen LogP contribution in [0.1, 0.15) is 12.0 Å². The molecule has 2 N–H and O–H groups in total. The van der Waals surface area contributed by atoms with Crippen LogP contribution >= 0.6 is 31.9 Å². The highest BCUT2D eigenvalue weighted by molar-refractivity contribution is 9.10. The van der Waals surface area contributed by atoms with Crippen molar-refractivity contribution in [1.29, 1.82) is 0 Å². The fourth-order valence-electron chi connectivity index (χ4n) is 0.963. The van der Waals surface area contributed by atoms with E-state index in [1.807, 2.05) is 24.3 Å². The summed E-state index contributed by atoms with van der Waals surface area (Å²) >= 11 is 6.77. The minimum absolute atomic E-state index is 0.814. The van der Waals surface area contributed by atoms with Gasteiger partial charge in [-0.15, -0.1) is 0 Å². The molecular formula is C10H11Br2N. The number of nitrogen functional groups attached to an aromatic ring is 1. The van der Waals surface area contributed by atoms with Gasteiger partial charge < -0.3 is 5.73 Å². The van der Waals surface area contributed by atoms with Crippen LogP contribution in [0.4, 0.5) is 5.69 Å². The third kappa shape index (κ3) is 3.53. The minimum Gasteiger partial charge on any atom is -0.398 e. The first kappa shape index (κ1) is 10.8. The van der Waals surface area contributed by atoms with Gasteiger partial charge in [-0.3, -0.25) is 0 Å². The van der Waals surface area contributed by atoms with E-state index in [0.717, 1.165) is 27.5 Å². The second kappa shape index (κ2) is 5.45. The van der Waals surface area contributed by atoms with E-state index in [-0.39, 0.29) is 0 Å². The van der Waals surface area contributed by atoms with Gasteiger partial charge in [0.25, 0.3) is 0 Å². The molecule has 0 bridgehead atoms. The van der Waals surface area contributed by atoms with E-state index in [0.29, 0.717) is 0 Å². The molecule has 0 heterocycles. The summed E-state index contributed by atoms with van der Waals surface area (Å²) < 4.78 is 1.06. The molecule has 0 aliphatic rings. The molecule has 0 unspecified atom stereocenters. The first-order valence-electron chi connectivity index (χ1n) is 4.01. The van der Waals surface area contributed by atoms with E-state index >= 15 is 0 Å². The van der Waals surface area contributed by atoms with Gasteiger partial charge in [0.05, 0.1) is 0 Å². The standard InChI is InChI=1S/C10H11Br2N/c11-6-2-1-3-8-7-9(12)4-5-10(8)13/h1,3-5,7H,2,6,13H2. The van der Waals surface area contributed by atoms with Gasteiger partial charge >= 0.3 is 0 Å². The number of rotatable bonds is 3. The molecule has 0 saturated carbocycles. The first-order valence-corrected chi connectivity index (χ1v) is 5.93. The SMILES string of the molecule is Nc1ccc(Br)cc1C=CCCBr. The number of hydrogen-bond acceptors (Lipinski definition) is 1. The van der Waals surface area contributed by atoms with Gasteiger partial charge in [0, 0.05) is 15.5 Å². The van der Waals surface area contributed by atoms with E-state index in [4.69, 9.17) is 5.73 Å². The van der Waals surface area contributed by atoms with Crippen LogP contribution in [-0.2, 0) is 0 Å². The summed E-state index contributed by atoms with van der Waals surface area (Å²) in [5.74, 6) is 0. The molecule has 0 spiro atoms. The van der Waals surface area contributed by atoms with Crippen LogP contribution in [0.3, 0.4) is 0 Å². The smallest absolute Gasteiger partial charge is 0.0388 e. The zero-order valence-electron chi connectivity index (χ0n) is 7.13. The quantitative estimate of drug-likeness (QED) is 0.666. The molecular weight excluding hydrogens is 294 g/mol. The molecule has 0 aliphatic carbocycles. The molecule has 1 aromatic rings. The first-order chi connectivity index (χ1) is 6.24. The van der Waals surface area contributed by atoms with E-state index in [1.54, 1.807) is 0 Å². The maximum absolute atomic E-state index is 5.79. The predicted octanol–water partition coefficient (Wildman–Crippen LogP) is 3.83. The maximum Gasteiger partial charge on any atom is 0.0388 e. The van der Waals surface area contributed by atoms with Crippen LogP contribution in [0.15, 0.2) is 28.7 Å². The number of nitrogens with two attached hydrogens (primary N) is 1. The zero-order valence-corrected chi connectivity index (χ0v) is 10.3. The van der Waals surface area contributed by atoms with Crippen molar-refractivity contribution in [3.63, 3.8) is 0 Å². The lowest BCUT2D eigenvalue weighted by atomic mass is 10.1. The third-order valence-corrected chi connectivity index (χ3v) is 2.57. The Morgan fingerprint density at radius 2 is 2.15 bits per heavy atom. The summed E-state index contributed by atoms with van der Waals surface area (Å²) in [6, 6.07) is 5.86. The van der Waals surface area contributed by atoms with Crippen molar-refractivity contribution >= 4 is 43.6 Å². The number of hydrogen-bond donors (Lipinski definition) is 1. The average molecular weight is 305 g/mol. The van der Waals surface area contributed by atoms with Crippen molar-refractivity contribution < 1.29 is 0 Å². The highest BCUT2D eigenvalue weighted by Crippen LogP contribution is 2.19. The van der Waals surface area contributed by atoms with Crippen LogP contribution in [-0.4, -0.2) is 5.33 Å².